The van der Waals surface area contributed by atoms with E-state index in [0.29, 0.717) is 46.6 Å². The molecule has 2 aliphatic carbocycles. The van der Waals surface area contributed by atoms with Gasteiger partial charge >= 0.3 is 0 Å². The molecule has 0 unspecified atom stereocenters. The summed E-state index contributed by atoms with van der Waals surface area (Å²) in [7, 11) is 0.268. The minimum Gasteiger partial charge on any atom is -0.490 e. The number of methoxy groups -OCH3 is 1. The lowest BCUT2D eigenvalue weighted by molar-refractivity contribution is -0.117. The van der Waals surface area contributed by atoms with Crippen molar-refractivity contribution in [1.82, 2.24) is 19.4 Å². The normalized spacial score (nSPS) is 21.9. The second-order valence-electron chi connectivity index (χ2n) is 11.6. The number of carbonyl (C=O) groups is 1. The van der Waals surface area contributed by atoms with Gasteiger partial charge in [-0.3, -0.25) is 4.79 Å². The molecule has 3 aromatic heterocycles. The molecule has 210 valence electrons. The van der Waals surface area contributed by atoms with Gasteiger partial charge < -0.3 is 29.0 Å². The standard InChI is InChI=1S/C29H41N5O4Si/c1-33(2)16-19-15-22(19)28(35)32-25-10-9-21-23(17-34(27(21)31-25)18-37-13-14-39(4,5)6)26-24(38-20-7-8-20)11-12-30-29(26)36-3/h9-12,17,19-20,22H,7-8,13-16,18H2,1-6H3,(H,31,32,35)/t19-,22+/m0/s1/i1D3,2D3. The van der Waals surface area contributed by atoms with Crippen molar-refractivity contribution in [1.29, 1.82) is 0 Å². The quantitative estimate of drug-likeness (QED) is 0.231. The number of aromatic nitrogens is 3. The van der Waals surface area contributed by atoms with Gasteiger partial charge in [-0.25, -0.2) is 9.97 Å². The van der Waals surface area contributed by atoms with E-state index < -0.39 is 27.9 Å². The summed E-state index contributed by atoms with van der Waals surface area (Å²) < 4.78 is 65.5. The summed E-state index contributed by atoms with van der Waals surface area (Å²) in [6.45, 7) is 1.93. The SMILES string of the molecule is [2H]C([2H])([2H])N(C[C@@H]1C[C@H]1C(=O)Nc1ccc2c(-c3c(OC4CC4)ccnc3OC)cn(COCC[Si](C)(C)C)c2n1)C([2H])([2H])[2H]. The van der Waals surface area contributed by atoms with Gasteiger partial charge in [0.2, 0.25) is 11.8 Å². The molecule has 0 spiro atoms. The first-order valence-electron chi connectivity index (χ1n) is 16.4. The lowest BCUT2D eigenvalue weighted by Gasteiger charge is -2.15. The summed E-state index contributed by atoms with van der Waals surface area (Å²) >= 11 is 0. The van der Waals surface area contributed by atoms with E-state index >= 15 is 0 Å². The molecule has 2 fully saturated rings. The molecule has 9 nitrogen and oxygen atoms in total. The molecule has 39 heavy (non-hydrogen) atoms. The summed E-state index contributed by atoms with van der Waals surface area (Å²) in [5.41, 5.74) is 2.11. The van der Waals surface area contributed by atoms with Crippen LogP contribution in [0.15, 0.2) is 30.6 Å². The van der Waals surface area contributed by atoms with E-state index in [1.165, 1.54) is 0 Å². The van der Waals surface area contributed by atoms with Crippen molar-refractivity contribution in [2.75, 3.05) is 39.5 Å². The maximum atomic E-state index is 13.1. The fourth-order valence-corrected chi connectivity index (χ4v) is 5.35. The number of rotatable bonds is 13. The van der Waals surface area contributed by atoms with Crippen molar-refractivity contribution in [3.8, 4) is 22.8 Å². The Morgan fingerprint density at radius 1 is 1.26 bits per heavy atom. The zero-order chi connectivity index (χ0) is 32.7. The van der Waals surface area contributed by atoms with Crippen LogP contribution in [0.4, 0.5) is 5.82 Å². The summed E-state index contributed by atoms with van der Waals surface area (Å²) in [5.74, 6) is 0.191. The first-order chi connectivity index (χ1) is 21.0. The first kappa shape index (κ1) is 20.9. The molecule has 3 aromatic rings. The van der Waals surface area contributed by atoms with Gasteiger partial charge in [0.15, 0.2) is 0 Å². The van der Waals surface area contributed by atoms with Crippen LogP contribution in [0.3, 0.4) is 0 Å². The molecule has 2 saturated carbocycles. The van der Waals surface area contributed by atoms with Crippen LogP contribution in [0, 0.1) is 11.8 Å². The number of amides is 1. The maximum Gasteiger partial charge on any atom is 0.228 e. The zero-order valence-electron chi connectivity index (χ0n) is 29.0. The Balaban J connectivity index is 1.41. The van der Waals surface area contributed by atoms with Crippen molar-refractivity contribution >= 4 is 30.8 Å². The van der Waals surface area contributed by atoms with E-state index in [1.54, 1.807) is 19.4 Å². The summed E-state index contributed by atoms with van der Waals surface area (Å²) in [4.78, 5) is 22.9. The molecular weight excluding hydrogens is 510 g/mol. The predicted molar refractivity (Wildman–Crippen MR) is 156 cm³/mol. The monoisotopic (exact) mass is 557 g/mol. The Morgan fingerprint density at radius 3 is 2.79 bits per heavy atom. The van der Waals surface area contributed by atoms with Crippen LogP contribution < -0.4 is 14.8 Å². The lowest BCUT2D eigenvalue weighted by Crippen LogP contribution is -2.22. The molecule has 0 bridgehead atoms. The average molecular weight is 558 g/mol. The molecule has 1 amide bonds. The average Bonchev–Trinajstić information content (AvgIpc) is 3.86. The number of nitrogens with one attached hydrogen (secondary N) is 1. The number of carbonyl (C=O) groups excluding carboxylic acids is 1. The van der Waals surface area contributed by atoms with Gasteiger partial charge in [0, 0.05) is 58.7 Å². The van der Waals surface area contributed by atoms with E-state index in [0.717, 1.165) is 29.8 Å². The molecule has 3 heterocycles. The number of pyridine rings is 2. The third-order valence-electron chi connectivity index (χ3n) is 7.04. The van der Waals surface area contributed by atoms with Crippen LogP contribution in [0.2, 0.25) is 25.7 Å². The van der Waals surface area contributed by atoms with Gasteiger partial charge in [0.1, 0.15) is 23.9 Å². The van der Waals surface area contributed by atoms with E-state index in [1.807, 2.05) is 22.9 Å². The molecule has 10 heteroatoms. The van der Waals surface area contributed by atoms with Gasteiger partial charge in [-0.15, -0.1) is 0 Å². The highest BCUT2D eigenvalue weighted by molar-refractivity contribution is 6.76. The Labute approximate surface area is 240 Å². The summed E-state index contributed by atoms with van der Waals surface area (Å²) in [6.07, 6.45) is 6.14. The van der Waals surface area contributed by atoms with Gasteiger partial charge in [-0.1, -0.05) is 19.6 Å². The number of anilines is 1. The molecule has 5 rings (SSSR count). The minimum atomic E-state index is -2.79. The molecule has 0 aromatic carbocycles. The largest absolute Gasteiger partial charge is 0.490 e. The molecule has 2 aliphatic rings. The Hall–Kier alpha value is -2.95. The van der Waals surface area contributed by atoms with E-state index in [2.05, 4.69) is 29.9 Å². The molecule has 2 atom stereocenters. The number of hydrogen-bond acceptors (Lipinski definition) is 7. The van der Waals surface area contributed by atoms with Gasteiger partial charge in [0.05, 0.1) is 18.8 Å². The van der Waals surface area contributed by atoms with Crippen LogP contribution >= 0.6 is 0 Å². The summed E-state index contributed by atoms with van der Waals surface area (Å²) in [6, 6.07) is 6.41. The predicted octanol–water partition coefficient (Wildman–Crippen LogP) is 5.10. The van der Waals surface area contributed by atoms with Crippen molar-refractivity contribution in [2.45, 2.75) is 57.8 Å². The minimum absolute atomic E-state index is 0.159. The second-order valence-corrected chi connectivity index (χ2v) is 17.3. The third kappa shape index (κ3) is 6.80. The van der Waals surface area contributed by atoms with Crippen molar-refractivity contribution < 1.29 is 27.2 Å². The fourth-order valence-electron chi connectivity index (χ4n) is 4.59. The fraction of sp³-hybridized carbons (Fsp3) is 0.552. The van der Waals surface area contributed by atoms with E-state index in [9.17, 15) is 4.79 Å². The Kier molecular flexibility index (Phi) is 6.03. The highest BCUT2D eigenvalue weighted by Gasteiger charge is 2.43. The maximum absolute atomic E-state index is 13.1. The van der Waals surface area contributed by atoms with Crippen molar-refractivity contribution in [3.63, 3.8) is 0 Å². The first-order valence-corrected chi connectivity index (χ1v) is 17.1. The number of hydrogen-bond donors (Lipinski definition) is 1. The van der Waals surface area contributed by atoms with Crippen LogP contribution in [0.1, 0.15) is 27.5 Å². The summed E-state index contributed by atoms with van der Waals surface area (Å²) in [5, 5.41) is 3.64. The second kappa shape index (κ2) is 11.3. The highest BCUT2D eigenvalue weighted by Crippen LogP contribution is 2.43. The van der Waals surface area contributed by atoms with Crippen LogP contribution in [0.5, 0.6) is 11.6 Å². The number of fused-ring (bicyclic) bond motifs is 1. The highest BCUT2D eigenvalue weighted by atomic mass is 28.3. The molecule has 0 aliphatic heterocycles. The van der Waals surface area contributed by atoms with Gasteiger partial charge in [-0.05, 0) is 63.4 Å². The van der Waals surface area contributed by atoms with Crippen LogP contribution in [-0.2, 0) is 16.3 Å². The molecule has 0 saturated heterocycles. The molecular formula is C29H41N5O4Si. The third-order valence-corrected chi connectivity index (χ3v) is 8.74. The zero-order valence-corrected chi connectivity index (χ0v) is 24.0. The van der Waals surface area contributed by atoms with Crippen LogP contribution in [0.25, 0.3) is 22.2 Å². The van der Waals surface area contributed by atoms with Gasteiger partial charge in [-0.2, -0.15) is 0 Å². The Bertz CT molecular complexity index is 1520. The lowest BCUT2D eigenvalue weighted by atomic mass is 10.1. The van der Waals surface area contributed by atoms with E-state index in [-0.39, 0.29) is 31.2 Å². The number of nitrogens with zero attached hydrogens (tertiary/aromatic N) is 4. The van der Waals surface area contributed by atoms with Crippen molar-refractivity contribution in [3.05, 3.63) is 30.6 Å². The topological polar surface area (TPSA) is 90.7 Å². The smallest absolute Gasteiger partial charge is 0.228 e. The molecule has 0 radical (unpaired) electrons. The number of ether oxygens (including phenoxy) is 3. The molecule has 1 N–H and O–H groups in total. The Morgan fingerprint density at radius 2 is 2.08 bits per heavy atom. The van der Waals surface area contributed by atoms with Crippen molar-refractivity contribution in [2.24, 2.45) is 11.8 Å². The van der Waals surface area contributed by atoms with E-state index in [4.69, 9.17) is 27.4 Å². The van der Waals surface area contributed by atoms with Crippen LogP contribution in [-0.4, -0.2) is 73.7 Å². The van der Waals surface area contributed by atoms with Gasteiger partial charge in [0.25, 0.3) is 0 Å².